The van der Waals surface area contributed by atoms with E-state index in [4.69, 9.17) is 5.73 Å². The Balaban J connectivity index is 1.41. The van der Waals surface area contributed by atoms with Gasteiger partial charge in [0.15, 0.2) is 0 Å². The number of hydrogen-bond donors (Lipinski definition) is 3. The number of nitrogens with one attached hydrogen (secondary N) is 1. The minimum Gasteiger partial charge on any atom is -0.399 e. The maximum Gasteiger partial charge on any atom is 0.0958 e. The normalized spacial score (nSPS) is 13.2. The largest absolute Gasteiger partial charge is 0.399 e. The second-order valence-corrected chi connectivity index (χ2v) is 8.33. The summed E-state index contributed by atoms with van der Waals surface area (Å²) >= 11 is 0. The van der Waals surface area contributed by atoms with Crippen LogP contribution in [0.2, 0.25) is 0 Å². The molecule has 0 bridgehead atoms. The molecule has 1 heterocycles. The molecule has 5 heteroatoms. The van der Waals surface area contributed by atoms with Gasteiger partial charge >= 0.3 is 0 Å². The van der Waals surface area contributed by atoms with E-state index in [0.717, 1.165) is 29.6 Å². The lowest BCUT2D eigenvalue weighted by molar-refractivity contribution is 0.158. The third kappa shape index (κ3) is 4.42. The highest BCUT2D eigenvalue weighted by Gasteiger charge is 2.20. The molecule has 1 unspecified atom stereocenters. The van der Waals surface area contributed by atoms with E-state index in [1.54, 1.807) is 0 Å². The van der Waals surface area contributed by atoms with Crippen LogP contribution in [0.1, 0.15) is 31.9 Å². The fourth-order valence-corrected chi connectivity index (χ4v) is 3.67. The molecule has 1 aromatic heterocycles. The molecule has 0 fully saturated rings. The second-order valence-electron chi connectivity index (χ2n) is 8.33. The van der Waals surface area contributed by atoms with Gasteiger partial charge in [-0.3, -0.25) is 0 Å². The molecule has 4 rings (SSSR count). The van der Waals surface area contributed by atoms with E-state index < -0.39 is 6.10 Å². The monoisotopic (exact) mass is 388 g/mol. The molecule has 0 radical (unpaired) electrons. The van der Waals surface area contributed by atoms with Crippen molar-refractivity contribution in [1.82, 2.24) is 14.9 Å². The van der Waals surface area contributed by atoms with Crippen molar-refractivity contribution in [3.63, 3.8) is 0 Å². The molecule has 0 saturated carbocycles. The number of nitrogens with two attached hydrogens (primary N) is 1. The molecule has 4 N–H and O–H groups in total. The fourth-order valence-electron chi connectivity index (χ4n) is 3.67. The van der Waals surface area contributed by atoms with Crippen LogP contribution >= 0.6 is 0 Å². The summed E-state index contributed by atoms with van der Waals surface area (Å²) < 4.78 is 2.21. The van der Waals surface area contributed by atoms with Crippen molar-refractivity contribution in [2.75, 3.05) is 12.3 Å². The zero-order chi connectivity index (χ0) is 20.4. The van der Waals surface area contributed by atoms with Gasteiger partial charge in [0.25, 0.3) is 0 Å². The topological polar surface area (TPSA) is 76.1 Å². The smallest absolute Gasteiger partial charge is 0.0958 e. The molecular weight excluding hydrogens is 360 g/mol. The molecule has 29 heavy (non-hydrogen) atoms. The Morgan fingerprint density at radius 3 is 2.59 bits per heavy atom. The Kier molecular flexibility index (Phi) is 5.26. The van der Waals surface area contributed by atoms with E-state index in [1.807, 2.05) is 30.6 Å². The van der Waals surface area contributed by atoms with Crippen molar-refractivity contribution in [3.05, 3.63) is 72.6 Å². The summed E-state index contributed by atoms with van der Waals surface area (Å²) in [4.78, 5) is 4.58. The number of imidazole rings is 1. The van der Waals surface area contributed by atoms with Gasteiger partial charge in [-0.2, -0.15) is 0 Å². The fraction of sp³-hybridized carbons (Fsp3) is 0.292. The Hall–Kier alpha value is -2.89. The SMILES string of the molecule is CC(C)(CCn1cnc2cc3ccccc3cc21)NCC(O)c1cccc(N)c1. The predicted molar refractivity (Wildman–Crippen MR) is 120 cm³/mol. The predicted octanol–water partition coefficient (Wildman–Crippen LogP) is 4.26. The van der Waals surface area contributed by atoms with Crippen molar-refractivity contribution in [2.24, 2.45) is 0 Å². The first-order valence-electron chi connectivity index (χ1n) is 10.0. The first-order valence-corrected chi connectivity index (χ1v) is 10.0. The van der Waals surface area contributed by atoms with E-state index in [2.05, 4.69) is 65.1 Å². The van der Waals surface area contributed by atoms with Crippen molar-refractivity contribution >= 4 is 27.5 Å². The molecule has 0 aliphatic carbocycles. The van der Waals surface area contributed by atoms with Gasteiger partial charge < -0.3 is 20.7 Å². The number of fused-ring (bicyclic) bond motifs is 2. The number of nitrogen functional groups attached to an aromatic ring is 1. The highest BCUT2D eigenvalue weighted by atomic mass is 16.3. The van der Waals surface area contributed by atoms with Gasteiger partial charge in [-0.15, -0.1) is 0 Å². The van der Waals surface area contributed by atoms with E-state index in [1.165, 1.54) is 10.8 Å². The Morgan fingerprint density at radius 1 is 1.07 bits per heavy atom. The highest BCUT2D eigenvalue weighted by Crippen LogP contribution is 2.23. The number of β-amino-alcohol motifs (C(OH)–C–C–N with tert-alkyl or cyclic N) is 1. The minimum absolute atomic E-state index is 0.130. The van der Waals surface area contributed by atoms with Crippen LogP contribution in [0.25, 0.3) is 21.8 Å². The van der Waals surface area contributed by atoms with Gasteiger partial charge in [-0.25, -0.2) is 4.98 Å². The Morgan fingerprint density at radius 2 is 1.83 bits per heavy atom. The van der Waals surface area contributed by atoms with E-state index in [9.17, 15) is 5.11 Å². The molecule has 150 valence electrons. The zero-order valence-electron chi connectivity index (χ0n) is 17.0. The summed E-state index contributed by atoms with van der Waals surface area (Å²) in [5, 5.41) is 16.4. The molecule has 0 aliphatic heterocycles. The van der Waals surface area contributed by atoms with Crippen LogP contribution in [0.3, 0.4) is 0 Å². The number of anilines is 1. The van der Waals surface area contributed by atoms with Gasteiger partial charge in [0, 0.05) is 24.3 Å². The summed E-state index contributed by atoms with van der Waals surface area (Å²) in [6.07, 6.45) is 2.24. The summed E-state index contributed by atoms with van der Waals surface area (Å²) in [6.45, 7) is 5.65. The number of aryl methyl sites for hydroxylation is 1. The van der Waals surface area contributed by atoms with Crippen LogP contribution < -0.4 is 11.1 Å². The molecule has 4 aromatic rings. The van der Waals surface area contributed by atoms with Gasteiger partial charge in [0.1, 0.15) is 0 Å². The Bertz CT molecular complexity index is 1130. The van der Waals surface area contributed by atoms with Crippen LogP contribution in [0, 0.1) is 0 Å². The maximum absolute atomic E-state index is 10.5. The minimum atomic E-state index is -0.585. The van der Waals surface area contributed by atoms with Gasteiger partial charge in [-0.05, 0) is 60.9 Å². The number of nitrogens with zero attached hydrogens (tertiary/aromatic N) is 2. The average Bonchev–Trinajstić information content (AvgIpc) is 3.11. The molecule has 0 saturated heterocycles. The molecule has 0 spiro atoms. The van der Waals surface area contributed by atoms with Crippen LogP contribution in [-0.4, -0.2) is 26.7 Å². The summed E-state index contributed by atoms with van der Waals surface area (Å²) in [5.41, 5.74) is 9.36. The van der Waals surface area contributed by atoms with E-state index >= 15 is 0 Å². The maximum atomic E-state index is 10.5. The van der Waals surface area contributed by atoms with Crippen molar-refractivity contribution in [1.29, 1.82) is 0 Å². The highest BCUT2D eigenvalue weighted by molar-refractivity contribution is 5.95. The molecule has 5 nitrogen and oxygen atoms in total. The number of benzene rings is 3. The second kappa shape index (κ2) is 7.85. The quantitative estimate of drug-likeness (QED) is 0.413. The molecule has 3 aromatic carbocycles. The molecule has 1 atom stereocenters. The molecule has 0 aliphatic rings. The van der Waals surface area contributed by atoms with E-state index in [0.29, 0.717) is 12.2 Å². The average molecular weight is 389 g/mol. The third-order valence-electron chi connectivity index (χ3n) is 5.54. The van der Waals surface area contributed by atoms with E-state index in [-0.39, 0.29) is 5.54 Å². The number of aromatic nitrogens is 2. The number of rotatable bonds is 7. The lowest BCUT2D eigenvalue weighted by Gasteiger charge is -2.28. The van der Waals surface area contributed by atoms with Gasteiger partial charge in [0.05, 0.1) is 23.5 Å². The number of hydrogen-bond acceptors (Lipinski definition) is 4. The lowest BCUT2D eigenvalue weighted by Crippen LogP contribution is -2.42. The van der Waals surface area contributed by atoms with Gasteiger partial charge in [-0.1, -0.05) is 36.4 Å². The van der Waals surface area contributed by atoms with Gasteiger partial charge in [0.2, 0.25) is 0 Å². The first kappa shape index (κ1) is 19.4. The summed E-state index contributed by atoms with van der Waals surface area (Å²) in [6, 6.07) is 20.1. The van der Waals surface area contributed by atoms with Crippen LogP contribution in [0.4, 0.5) is 5.69 Å². The van der Waals surface area contributed by atoms with Crippen LogP contribution in [0.15, 0.2) is 67.0 Å². The number of aliphatic hydroxyl groups excluding tert-OH is 1. The lowest BCUT2D eigenvalue weighted by atomic mass is 9.99. The van der Waals surface area contributed by atoms with Crippen molar-refractivity contribution < 1.29 is 5.11 Å². The molecular formula is C24H28N4O. The van der Waals surface area contributed by atoms with Crippen molar-refractivity contribution in [3.8, 4) is 0 Å². The van der Waals surface area contributed by atoms with Crippen molar-refractivity contribution in [2.45, 2.75) is 38.5 Å². The summed E-state index contributed by atoms with van der Waals surface area (Å²) in [5.74, 6) is 0. The zero-order valence-corrected chi connectivity index (χ0v) is 17.0. The van der Waals surface area contributed by atoms with Crippen LogP contribution in [0.5, 0.6) is 0 Å². The first-order chi connectivity index (χ1) is 13.9. The molecule has 0 amide bonds. The third-order valence-corrected chi connectivity index (χ3v) is 5.54. The summed E-state index contributed by atoms with van der Waals surface area (Å²) in [7, 11) is 0. The number of aliphatic hydroxyl groups is 1. The standard InChI is InChI=1S/C24H28N4O/c1-24(2,27-15-23(29)19-8-5-9-20(25)12-19)10-11-28-16-26-21-13-17-6-3-4-7-18(17)14-22(21)28/h3-9,12-14,16,23,27,29H,10-11,15,25H2,1-2H3. The Labute approximate surface area is 171 Å². The van der Waals surface area contributed by atoms with Crippen LogP contribution in [-0.2, 0) is 6.54 Å².